The lowest BCUT2D eigenvalue weighted by atomic mass is 10.0. The summed E-state index contributed by atoms with van der Waals surface area (Å²) in [6.07, 6.45) is -4.03. The molecule has 0 aromatic heterocycles. The third-order valence-corrected chi connectivity index (χ3v) is 5.83. The number of amides is 2. The molecule has 3 aromatic rings. The SMILES string of the molecule is CC(C)C[C@H](Nc1ccc(C(=O)NCCC(=O)O)cc1)C(=O)Nc1ccc(-c2ccc(C(F)(F)F)cc2)cc1. The lowest BCUT2D eigenvalue weighted by molar-refractivity contribution is -0.138. The van der Waals surface area contributed by atoms with Crippen LogP contribution in [0.1, 0.15) is 42.6 Å². The van der Waals surface area contributed by atoms with Crippen LogP contribution in [0.3, 0.4) is 0 Å². The van der Waals surface area contributed by atoms with E-state index in [-0.39, 0.29) is 30.7 Å². The lowest BCUT2D eigenvalue weighted by Gasteiger charge is -2.21. The Morgan fingerprint density at radius 3 is 1.87 bits per heavy atom. The lowest BCUT2D eigenvalue weighted by Crippen LogP contribution is -2.35. The normalized spacial score (nSPS) is 12.1. The predicted octanol–water partition coefficient (Wildman–Crippen LogP) is 6.04. The number of benzene rings is 3. The van der Waals surface area contributed by atoms with E-state index in [4.69, 9.17) is 5.11 Å². The van der Waals surface area contributed by atoms with Crippen molar-refractivity contribution in [3.05, 3.63) is 83.9 Å². The monoisotopic (exact) mass is 541 g/mol. The average Bonchev–Trinajstić information content (AvgIpc) is 2.88. The molecular weight excluding hydrogens is 511 g/mol. The van der Waals surface area contributed by atoms with E-state index in [0.717, 1.165) is 12.1 Å². The van der Waals surface area contributed by atoms with Crippen LogP contribution in [-0.4, -0.2) is 35.5 Å². The van der Waals surface area contributed by atoms with Gasteiger partial charge in [-0.15, -0.1) is 0 Å². The van der Waals surface area contributed by atoms with Gasteiger partial charge < -0.3 is 21.1 Å². The fraction of sp³-hybridized carbons (Fsp3) is 0.276. The van der Waals surface area contributed by atoms with E-state index in [9.17, 15) is 27.6 Å². The first kappa shape index (κ1) is 29.2. The zero-order chi connectivity index (χ0) is 28.6. The summed E-state index contributed by atoms with van der Waals surface area (Å²) in [5.74, 6) is -1.45. The van der Waals surface area contributed by atoms with Crippen molar-refractivity contribution in [2.45, 2.75) is 38.9 Å². The van der Waals surface area contributed by atoms with E-state index >= 15 is 0 Å². The predicted molar refractivity (Wildman–Crippen MR) is 143 cm³/mol. The molecule has 39 heavy (non-hydrogen) atoms. The van der Waals surface area contributed by atoms with Gasteiger partial charge in [0.2, 0.25) is 5.91 Å². The van der Waals surface area contributed by atoms with Crippen LogP contribution in [0.2, 0.25) is 0 Å². The Bertz CT molecular complexity index is 1270. The van der Waals surface area contributed by atoms with Gasteiger partial charge in [0.1, 0.15) is 6.04 Å². The van der Waals surface area contributed by atoms with Gasteiger partial charge in [-0.1, -0.05) is 38.1 Å². The Hall–Kier alpha value is -4.34. The molecule has 0 aliphatic heterocycles. The Morgan fingerprint density at radius 1 is 0.821 bits per heavy atom. The number of nitrogens with one attached hydrogen (secondary N) is 3. The van der Waals surface area contributed by atoms with E-state index in [1.165, 1.54) is 12.1 Å². The van der Waals surface area contributed by atoms with Crippen molar-refractivity contribution < 1.29 is 32.7 Å². The molecule has 0 spiro atoms. The second kappa shape index (κ2) is 12.9. The first-order chi connectivity index (χ1) is 18.4. The first-order valence-corrected chi connectivity index (χ1v) is 12.4. The number of carboxylic acids is 1. The van der Waals surface area contributed by atoms with Crippen LogP contribution in [0.4, 0.5) is 24.5 Å². The third kappa shape index (κ3) is 8.87. The quantitative estimate of drug-likeness (QED) is 0.237. The van der Waals surface area contributed by atoms with Crippen LogP contribution in [0.5, 0.6) is 0 Å². The topological polar surface area (TPSA) is 108 Å². The molecule has 0 saturated carbocycles. The number of rotatable bonds is 11. The number of anilines is 2. The molecule has 0 saturated heterocycles. The van der Waals surface area contributed by atoms with Crippen molar-refractivity contribution in [1.82, 2.24) is 5.32 Å². The fourth-order valence-corrected chi connectivity index (χ4v) is 3.83. The van der Waals surface area contributed by atoms with Crippen LogP contribution in [0.15, 0.2) is 72.8 Å². The summed E-state index contributed by atoms with van der Waals surface area (Å²) in [5, 5.41) is 17.3. The van der Waals surface area contributed by atoms with Crippen molar-refractivity contribution in [3.8, 4) is 11.1 Å². The molecule has 10 heteroatoms. The molecule has 4 N–H and O–H groups in total. The van der Waals surface area contributed by atoms with Gasteiger partial charge in [0, 0.05) is 23.5 Å². The van der Waals surface area contributed by atoms with Crippen LogP contribution in [0, 0.1) is 5.92 Å². The first-order valence-electron chi connectivity index (χ1n) is 12.4. The minimum atomic E-state index is -4.40. The minimum Gasteiger partial charge on any atom is -0.481 e. The molecule has 0 fully saturated rings. The Morgan fingerprint density at radius 2 is 1.36 bits per heavy atom. The summed E-state index contributed by atoms with van der Waals surface area (Å²) in [6, 6.07) is 17.7. The second-order valence-corrected chi connectivity index (χ2v) is 9.45. The molecule has 0 aliphatic rings. The zero-order valence-corrected chi connectivity index (χ0v) is 21.5. The molecule has 3 aromatic carbocycles. The zero-order valence-electron chi connectivity index (χ0n) is 21.5. The molecule has 0 bridgehead atoms. The summed E-state index contributed by atoms with van der Waals surface area (Å²) in [7, 11) is 0. The maximum Gasteiger partial charge on any atom is 0.416 e. The molecule has 0 heterocycles. The van der Waals surface area contributed by atoms with Gasteiger partial charge in [0.25, 0.3) is 5.91 Å². The molecule has 0 aliphatic carbocycles. The van der Waals surface area contributed by atoms with Gasteiger partial charge in [-0.25, -0.2) is 0 Å². The maximum absolute atomic E-state index is 13.1. The molecule has 0 radical (unpaired) electrons. The highest BCUT2D eigenvalue weighted by Gasteiger charge is 2.30. The van der Waals surface area contributed by atoms with Gasteiger partial charge in [0.05, 0.1) is 12.0 Å². The highest BCUT2D eigenvalue weighted by Crippen LogP contribution is 2.31. The standard InChI is InChI=1S/C29H30F3N3O4/c1-18(2)17-25(34-23-13-7-21(8-14-23)27(38)33-16-15-26(36)37)28(39)35-24-11-5-20(6-12-24)19-3-9-22(10-4-19)29(30,31)32/h3-14,18,25,34H,15-17H2,1-2H3,(H,33,38)(H,35,39)(H,36,37)/t25-/m0/s1. The molecule has 7 nitrogen and oxygen atoms in total. The van der Waals surface area contributed by atoms with Crippen LogP contribution >= 0.6 is 0 Å². The number of carbonyl (C=O) groups is 3. The largest absolute Gasteiger partial charge is 0.481 e. The minimum absolute atomic E-state index is 0.0239. The Kier molecular flexibility index (Phi) is 9.70. The fourth-order valence-electron chi connectivity index (χ4n) is 3.83. The number of hydrogen-bond acceptors (Lipinski definition) is 4. The summed E-state index contributed by atoms with van der Waals surface area (Å²) in [5.41, 5.74) is 2.16. The summed E-state index contributed by atoms with van der Waals surface area (Å²) in [6.45, 7) is 4.01. The van der Waals surface area contributed by atoms with E-state index < -0.39 is 23.8 Å². The average molecular weight is 542 g/mol. The molecule has 206 valence electrons. The van der Waals surface area contributed by atoms with Crippen LogP contribution < -0.4 is 16.0 Å². The summed E-state index contributed by atoms with van der Waals surface area (Å²) >= 11 is 0. The highest BCUT2D eigenvalue weighted by atomic mass is 19.4. The third-order valence-electron chi connectivity index (χ3n) is 5.83. The number of halogens is 3. The van der Waals surface area contributed by atoms with Crippen molar-refractivity contribution >= 4 is 29.2 Å². The highest BCUT2D eigenvalue weighted by molar-refractivity contribution is 5.97. The van der Waals surface area contributed by atoms with Crippen molar-refractivity contribution in [2.75, 3.05) is 17.2 Å². The van der Waals surface area contributed by atoms with Gasteiger partial charge in [-0.2, -0.15) is 13.2 Å². The number of carboxylic acid groups (broad SMARTS) is 1. The van der Waals surface area contributed by atoms with Crippen LogP contribution in [-0.2, 0) is 15.8 Å². The van der Waals surface area contributed by atoms with Gasteiger partial charge in [-0.3, -0.25) is 14.4 Å². The van der Waals surface area contributed by atoms with Gasteiger partial charge in [-0.05, 0) is 72.0 Å². The van der Waals surface area contributed by atoms with Crippen LogP contribution in [0.25, 0.3) is 11.1 Å². The van der Waals surface area contributed by atoms with E-state index in [1.807, 2.05) is 13.8 Å². The molecule has 3 rings (SSSR count). The molecule has 0 unspecified atom stereocenters. The van der Waals surface area contributed by atoms with Crippen molar-refractivity contribution in [2.24, 2.45) is 5.92 Å². The van der Waals surface area contributed by atoms with Gasteiger partial charge >= 0.3 is 12.1 Å². The van der Waals surface area contributed by atoms with Gasteiger partial charge in [0.15, 0.2) is 0 Å². The van der Waals surface area contributed by atoms with E-state index in [2.05, 4.69) is 16.0 Å². The Balaban J connectivity index is 1.63. The smallest absolute Gasteiger partial charge is 0.416 e. The maximum atomic E-state index is 13.1. The molecular formula is C29H30F3N3O4. The summed E-state index contributed by atoms with van der Waals surface area (Å²) in [4.78, 5) is 35.8. The molecule has 1 atom stereocenters. The van der Waals surface area contributed by atoms with E-state index in [1.54, 1.807) is 48.5 Å². The number of aliphatic carboxylic acids is 1. The number of hydrogen-bond donors (Lipinski definition) is 4. The Labute approximate surface area is 224 Å². The number of alkyl halides is 3. The van der Waals surface area contributed by atoms with E-state index in [0.29, 0.717) is 34.5 Å². The van der Waals surface area contributed by atoms with Crippen molar-refractivity contribution in [1.29, 1.82) is 0 Å². The molecule has 2 amide bonds. The summed E-state index contributed by atoms with van der Waals surface area (Å²) < 4.78 is 38.4. The van der Waals surface area contributed by atoms with Crippen molar-refractivity contribution in [3.63, 3.8) is 0 Å². The number of carbonyl (C=O) groups excluding carboxylic acids is 2. The second-order valence-electron chi connectivity index (χ2n) is 9.45.